The molecule has 0 atom stereocenters. The van der Waals surface area contributed by atoms with Gasteiger partial charge in [-0.25, -0.2) is 4.39 Å². The first-order valence-corrected chi connectivity index (χ1v) is 10.7. The molecular weight excluding hydrogens is 395 g/mol. The molecule has 2 aromatic rings. The van der Waals surface area contributed by atoms with Gasteiger partial charge < -0.3 is 10.6 Å². The number of aliphatic imine (C=N–C) groups is 1. The molecule has 1 heterocycles. The van der Waals surface area contributed by atoms with Crippen molar-refractivity contribution in [3.05, 3.63) is 71.0 Å². The molecule has 0 aromatic heterocycles. The lowest BCUT2D eigenvalue weighted by atomic mass is 9.96. The second-order valence-corrected chi connectivity index (χ2v) is 8.16. The number of nitrogens with zero attached hydrogens (tertiary/aromatic N) is 2. The molecule has 1 fully saturated rings. The van der Waals surface area contributed by atoms with Gasteiger partial charge >= 0.3 is 0 Å². The van der Waals surface area contributed by atoms with Crippen molar-refractivity contribution in [1.82, 2.24) is 15.5 Å². The van der Waals surface area contributed by atoms with E-state index < -0.39 is 0 Å². The Morgan fingerprint density at radius 2 is 1.74 bits per heavy atom. The molecule has 1 aliphatic heterocycles. The number of carbonyl (C=O) groups is 2. The Kier molecular flexibility index (Phi) is 6.02. The lowest BCUT2D eigenvalue weighted by molar-refractivity contribution is 0.0652. The van der Waals surface area contributed by atoms with Crippen LogP contribution in [0.4, 0.5) is 4.39 Å². The number of benzene rings is 2. The molecule has 31 heavy (non-hydrogen) atoms. The first-order valence-electron chi connectivity index (χ1n) is 10.7. The molecule has 0 bridgehead atoms. The number of halogens is 1. The number of carbonyl (C=O) groups excluding carboxylic acids is 2. The Hall–Kier alpha value is -3.22. The molecule has 1 aliphatic carbocycles. The maximum absolute atomic E-state index is 13.6. The second-order valence-electron chi connectivity index (χ2n) is 8.16. The first kappa shape index (κ1) is 21.0. The number of hydrogen-bond acceptors (Lipinski definition) is 3. The summed E-state index contributed by atoms with van der Waals surface area (Å²) in [4.78, 5) is 30.4. The molecule has 0 saturated heterocycles. The predicted molar refractivity (Wildman–Crippen MR) is 118 cm³/mol. The molecular formula is C24H27FN4O2. The topological polar surface area (TPSA) is 73.8 Å². The number of rotatable bonds is 8. The molecule has 0 unspecified atom stereocenters. The highest BCUT2D eigenvalue weighted by Crippen LogP contribution is 2.47. The fourth-order valence-electron chi connectivity index (χ4n) is 4.05. The SMILES string of the molecule is CN=C(NCCCCN1C(=O)c2ccccc2C1=O)NCC1(c2cccc(F)c2)CC1. The van der Waals surface area contributed by atoms with E-state index >= 15 is 0 Å². The van der Waals surface area contributed by atoms with Gasteiger partial charge in [-0.05, 0) is 55.5 Å². The molecule has 0 radical (unpaired) electrons. The van der Waals surface area contributed by atoms with Crippen molar-refractivity contribution in [2.45, 2.75) is 31.1 Å². The number of amides is 2. The lowest BCUT2D eigenvalue weighted by Crippen LogP contribution is -2.41. The summed E-state index contributed by atoms with van der Waals surface area (Å²) in [5, 5.41) is 6.62. The number of fused-ring (bicyclic) bond motifs is 1. The van der Waals surface area contributed by atoms with E-state index in [1.807, 2.05) is 6.07 Å². The standard InChI is InChI=1S/C24H27FN4O2/c1-26-23(28-16-24(11-12-24)17-7-6-8-18(25)15-17)27-13-4-5-14-29-21(30)19-9-2-3-10-20(19)22(29)31/h2-3,6-10,15H,4-5,11-14,16H2,1H3,(H2,26,27,28). The summed E-state index contributed by atoms with van der Waals surface area (Å²) in [6, 6.07) is 13.8. The fraction of sp³-hybridized carbons (Fsp3) is 0.375. The number of unbranched alkanes of at least 4 members (excludes halogenated alkanes) is 1. The minimum atomic E-state index is -0.210. The fourth-order valence-corrected chi connectivity index (χ4v) is 4.05. The van der Waals surface area contributed by atoms with E-state index in [-0.39, 0.29) is 23.0 Å². The maximum Gasteiger partial charge on any atom is 0.261 e. The summed E-state index contributed by atoms with van der Waals surface area (Å²) < 4.78 is 13.6. The highest BCUT2D eigenvalue weighted by Gasteiger charge is 2.44. The Morgan fingerprint density at radius 3 is 2.35 bits per heavy atom. The zero-order valence-corrected chi connectivity index (χ0v) is 17.7. The second kappa shape index (κ2) is 8.88. The van der Waals surface area contributed by atoms with E-state index in [4.69, 9.17) is 0 Å². The third-order valence-corrected chi connectivity index (χ3v) is 6.09. The molecule has 4 rings (SSSR count). The highest BCUT2D eigenvalue weighted by molar-refractivity contribution is 6.21. The number of nitrogens with one attached hydrogen (secondary N) is 2. The zero-order chi connectivity index (χ0) is 21.8. The van der Waals surface area contributed by atoms with Crippen LogP contribution in [0.5, 0.6) is 0 Å². The molecule has 7 heteroatoms. The minimum absolute atomic E-state index is 0.0226. The van der Waals surface area contributed by atoms with Crippen LogP contribution in [0.1, 0.15) is 52.0 Å². The molecule has 2 amide bonds. The monoisotopic (exact) mass is 422 g/mol. The van der Waals surface area contributed by atoms with Crippen molar-refractivity contribution in [3.63, 3.8) is 0 Å². The molecule has 2 aliphatic rings. The smallest absolute Gasteiger partial charge is 0.261 e. The lowest BCUT2D eigenvalue weighted by Gasteiger charge is -2.19. The normalized spacial score (nSPS) is 17.0. The molecule has 162 valence electrons. The van der Waals surface area contributed by atoms with Crippen molar-refractivity contribution in [3.8, 4) is 0 Å². The van der Waals surface area contributed by atoms with Crippen LogP contribution in [-0.4, -0.2) is 49.4 Å². The van der Waals surface area contributed by atoms with Gasteiger partial charge in [0.05, 0.1) is 11.1 Å². The van der Waals surface area contributed by atoms with Crippen molar-refractivity contribution in [1.29, 1.82) is 0 Å². The van der Waals surface area contributed by atoms with Gasteiger partial charge in [0, 0.05) is 32.1 Å². The van der Waals surface area contributed by atoms with E-state index in [9.17, 15) is 14.0 Å². The molecule has 0 spiro atoms. The van der Waals surface area contributed by atoms with Crippen LogP contribution in [0.2, 0.25) is 0 Å². The van der Waals surface area contributed by atoms with Gasteiger partial charge in [0.15, 0.2) is 5.96 Å². The Morgan fingerprint density at radius 1 is 1.03 bits per heavy atom. The van der Waals surface area contributed by atoms with E-state index in [0.717, 1.165) is 24.8 Å². The van der Waals surface area contributed by atoms with E-state index in [1.54, 1.807) is 43.4 Å². The number of hydrogen-bond donors (Lipinski definition) is 2. The number of guanidine groups is 1. The zero-order valence-electron chi connectivity index (χ0n) is 17.7. The molecule has 6 nitrogen and oxygen atoms in total. The molecule has 2 N–H and O–H groups in total. The van der Waals surface area contributed by atoms with Crippen molar-refractivity contribution in [2.24, 2.45) is 4.99 Å². The Labute approximate surface area is 181 Å². The summed E-state index contributed by atoms with van der Waals surface area (Å²) in [5.41, 5.74) is 1.98. The Bertz CT molecular complexity index is 981. The van der Waals surface area contributed by atoms with Gasteiger partial charge in [-0.1, -0.05) is 24.3 Å². The van der Waals surface area contributed by atoms with Gasteiger partial charge in [-0.2, -0.15) is 0 Å². The maximum atomic E-state index is 13.6. The summed E-state index contributed by atoms with van der Waals surface area (Å²) >= 11 is 0. The molecule has 2 aromatic carbocycles. The third-order valence-electron chi connectivity index (χ3n) is 6.09. The van der Waals surface area contributed by atoms with Gasteiger partial charge in [0.2, 0.25) is 0 Å². The van der Waals surface area contributed by atoms with E-state index in [0.29, 0.717) is 43.1 Å². The van der Waals surface area contributed by atoms with E-state index in [1.165, 1.54) is 11.0 Å². The van der Waals surface area contributed by atoms with Crippen LogP contribution in [0.25, 0.3) is 0 Å². The van der Waals surface area contributed by atoms with Crippen molar-refractivity contribution in [2.75, 3.05) is 26.7 Å². The summed E-state index contributed by atoms with van der Waals surface area (Å²) in [6.45, 7) is 1.78. The summed E-state index contributed by atoms with van der Waals surface area (Å²) in [7, 11) is 1.72. The van der Waals surface area contributed by atoms with Crippen LogP contribution in [0.3, 0.4) is 0 Å². The number of imide groups is 1. The first-order chi connectivity index (χ1) is 15.0. The summed E-state index contributed by atoms with van der Waals surface area (Å²) in [6.07, 6.45) is 3.56. The molecule has 1 saturated carbocycles. The van der Waals surface area contributed by atoms with Gasteiger partial charge in [0.1, 0.15) is 5.82 Å². The van der Waals surface area contributed by atoms with Crippen LogP contribution in [0, 0.1) is 5.82 Å². The average Bonchev–Trinajstić information content (AvgIpc) is 3.54. The Balaban J connectivity index is 1.19. The van der Waals surface area contributed by atoms with Gasteiger partial charge in [0.25, 0.3) is 11.8 Å². The van der Waals surface area contributed by atoms with Gasteiger partial charge in [-0.3, -0.25) is 19.5 Å². The van der Waals surface area contributed by atoms with E-state index in [2.05, 4.69) is 15.6 Å². The van der Waals surface area contributed by atoms with Crippen LogP contribution in [-0.2, 0) is 5.41 Å². The van der Waals surface area contributed by atoms with Gasteiger partial charge in [-0.15, -0.1) is 0 Å². The van der Waals surface area contributed by atoms with Crippen LogP contribution in [0.15, 0.2) is 53.5 Å². The average molecular weight is 423 g/mol. The highest BCUT2D eigenvalue weighted by atomic mass is 19.1. The third kappa shape index (κ3) is 4.45. The summed E-state index contributed by atoms with van der Waals surface area (Å²) in [5.74, 6) is 0.0731. The van der Waals surface area contributed by atoms with Crippen LogP contribution >= 0.6 is 0 Å². The predicted octanol–water partition coefficient (Wildman–Crippen LogP) is 3.10. The minimum Gasteiger partial charge on any atom is -0.356 e. The van der Waals surface area contributed by atoms with Crippen molar-refractivity contribution < 1.29 is 14.0 Å². The largest absolute Gasteiger partial charge is 0.356 e. The van der Waals surface area contributed by atoms with Crippen molar-refractivity contribution >= 4 is 17.8 Å². The quantitative estimate of drug-likeness (QED) is 0.297. The van der Waals surface area contributed by atoms with Crippen LogP contribution < -0.4 is 10.6 Å².